The van der Waals surface area contributed by atoms with Gasteiger partial charge in [-0.2, -0.15) is 0 Å². The third kappa shape index (κ3) is 4.26. The van der Waals surface area contributed by atoms with E-state index in [1.807, 2.05) is 36.4 Å². The van der Waals surface area contributed by atoms with Crippen LogP contribution in [0.5, 0.6) is 17.2 Å². The number of aromatic hydroxyl groups is 3. The van der Waals surface area contributed by atoms with Gasteiger partial charge in [-0.3, -0.25) is 0 Å². The van der Waals surface area contributed by atoms with Crippen molar-refractivity contribution >= 4 is 47.8 Å². The summed E-state index contributed by atoms with van der Waals surface area (Å²) in [6.45, 7) is 0. The van der Waals surface area contributed by atoms with Crippen LogP contribution in [0.25, 0.3) is 33.4 Å². The summed E-state index contributed by atoms with van der Waals surface area (Å²) in [5, 5.41) is 29.6. The van der Waals surface area contributed by atoms with Crippen molar-refractivity contribution in [1.82, 2.24) is 0 Å². The molecule has 3 nitrogen and oxygen atoms in total. The Balaban J connectivity index is 1.94. The van der Waals surface area contributed by atoms with Crippen molar-refractivity contribution in [3.05, 3.63) is 86.2 Å². The lowest BCUT2D eigenvalue weighted by Crippen LogP contribution is -1.87. The molecule has 0 bridgehead atoms. The number of hydrogen-bond acceptors (Lipinski definition) is 3. The van der Waals surface area contributed by atoms with E-state index in [0.29, 0.717) is 13.4 Å². The van der Waals surface area contributed by atoms with E-state index in [-0.39, 0.29) is 17.2 Å². The van der Waals surface area contributed by atoms with Gasteiger partial charge in [0.1, 0.15) is 17.2 Å². The molecule has 0 aliphatic heterocycles. The Labute approximate surface area is 199 Å². The molecule has 0 saturated heterocycles. The molecule has 0 unspecified atom stereocenters. The second-order valence-corrected chi connectivity index (χ2v) is 9.36. The van der Waals surface area contributed by atoms with Crippen LogP contribution in [0.3, 0.4) is 0 Å². The molecule has 0 saturated carbocycles. The van der Waals surface area contributed by atoms with Gasteiger partial charge in [-0.05, 0) is 136 Å². The Hall–Kier alpha value is -2.28. The zero-order valence-electron chi connectivity index (χ0n) is 15.4. The summed E-state index contributed by atoms with van der Waals surface area (Å²) in [6.07, 6.45) is 0. The zero-order valence-corrected chi connectivity index (χ0v) is 20.2. The fourth-order valence-electron chi connectivity index (χ4n) is 3.19. The Morgan fingerprint density at radius 3 is 0.867 bits per heavy atom. The maximum Gasteiger partial charge on any atom is 0.129 e. The highest BCUT2D eigenvalue weighted by atomic mass is 79.9. The molecule has 0 aromatic heterocycles. The highest BCUT2D eigenvalue weighted by Crippen LogP contribution is 2.38. The third-order valence-electron chi connectivity index (χ3n) is 4.78. The van der Waals surface area contributed by atoms with Gasteiger partial charge in [0.05, 0.1) is 13.4 Å². The lowest BCUT2D eigenvalue weighted by molar-refractivity contribution is 0.471. The molecule has 0 atom stereocenters. The highest BCUT2D eigenvalue weighted by molar-refractivity contribution is 9.11. The van der Waals surface area contributed by atoms with Gasteiger partial charge in [-0.1, -0.05) is 18.2 Å². The summed E-state index contributed by atoms with van der Waals surface area (Å²) in [5.74, 6) is 0.542. The third-order valence-corrected chi connectivity index (χ3v) is 6.68. The summed E-state index contributed by atoms with van der Waals surface area (Å²) < 4.78 is 1.85. The summed E-state index contributed by atoms with van der Waals surface area (Å²) in [7, 11) is 0. The summed E-state index contributed by atoms with van der Waals surface area (Å²) in [6, 6.07) is 22.4. The van der Waals surface area contributed by atoms with Crippen molar-refractivity contribution in [1.29, 1.82) is 0 Å². The van der Waals surface area contributed by atoms with Crippen LogP contribution in [0.2, 0.25) is 0 Å². The monoisotopic (exact) mass is 588 g/mol. The predicted octanol–water partition coefficient (Wildman–Crippen LogP) is 8.09. The summed E-state index contributed by atoms with van der Waals surface area (Å²) >= 11 is 10.2. The van der Waals surface area contributed by atoms with Crippen LogP contribution in [0, 0.1) is 0 Å². The summed E-state index contributed by atoms with van der Waals surface area (Å²) in [5.41, 5.74) is 5.74. The van der Waals surface area contributed by atoms with Crippen LogP contribution in [-0.4, -0.2) is 15.3 Å². The van der Waals surface area contributed by atoms with Crippen molar-refractivity contribution in [2.75, 3.05) is 0 Å². The van der Waals surface area contributed by atoms with E-state index < -0.39 is 0 Å². The lowest BCUT2D eigenvalue weighted by Gasteiger charge is -2.13. The first kappa shape index (κ1) is 21.0. The van der Waals surface area contributed by atoms with Crippen molar-refractivity contribution in [2.24, 2.45) is 0 Å². The Kier molecular flexibility index (Phi) is 5.91. The number of hydrogen-bond donors (Lipinski definition) is 3. The molecule has 0 radical (unpaired) electrons. The zero-order chi connectivity index (χ0) is 21.4. The molecule has 4 aromatic rings. The molecule has 0 aliphatic carbocycles. The van der Waals surface area contributed by atoms with Gasteiger partial charge in [-0.25, -0.2) is 0 Å². The first-order valence-corrected chi connectivity index (χ1v) is 11.3. The van der Waals surface area contributed by atoms with E-state index in [9.17, 15) is 15.3 Å². The molecule has 150 valence electrons. The number of halogens is 3. The second kappa shape index (κ2) is 8.46. The number of phenolic OH excluding ortho intramolecular Hbond substituents is 3. The fourth-order valence-corrected chi connectivity index (χ4v) is 4.32. The van der Waals surface area contributed by atoms with Gasteiger partial charge in [-0.15, -0.1) is 0 Å². The molecule has 0 fully saturated rings. The highest BCUT2D eigenvalue weighted by Gasteiger charge is 2.11. The van der Waals surface area contributed by atoms with Crippen molar-refractivity contribution < 1.29 is 15.3 Å². The Morgan fingerprint density at radius 2 is 0.633 bits per heavy atom. The molecule has 3 N–H and O–H groups in total. The van der Waals surface area contributed by atoms with Gasteiger partial charge in [0.15, 0.2) is 0 Å². The van der Waals surface area contributed by atoms with Gasteiger partial charge in [0.2, 0.25) is 0 Å². The van der Waals surface area contributed by atoms with Crippen LogP contribution in [0.4, 0.5) is 0 Å². The molecule has 6 heteroatoms. The molecule has 30 heavy (non-hydrogen) atoms. The molecule has 0 spiro atoms. The van der Waals surface area contributed by atoms with E-state index >= 15 is 0 Å². The quantitative estimate of drug-likeness (QED) is 0.226. The Bertz CT molecular complexity index is 1100. The number of rotatable bonds is 3. The normalized spacial score (nSPS) is 10.9. The number of benzene rings is 4. The summed E-state index contributed by atoms with van der Waals surface area (Å²) in [4.78, 5) is 0. The van der Waals surface area contributed by atoms with Crippen LogP contribution in [-0.2, 0) is 0 Å². The van der Waals surface area contributed by atoms with E-state index in [1.54, 1.807) is 18.2 Å². The standard InChI is InChI=1S/C24H15Br3O3/c25-19-10-13(1-4-22(19)28)16-7-17(14-2-5-23(29)20(26)11-14)9-18(8-16)15-3-6-24(30)21(27)12-15/h1-12,28-30H. The van der Waals surface area contributed by atoms with Crippen LogP contribution in [0.1, 0.15) is 0 Å². The molecule has 0 amide bonds. The van der Waals surface area contributed by atoms with E-state index in [0.717, 1.165) is 33.4 Å². The Morgan fingerprint density at radius 1 is 0.367 bits per heavy atom. The predicted molar refractivity (Wildman–Crippen MR) is 131 cm³/mol. The smallest absolute Gasteiger partial charge is 0.129 e. The van der Waals surface area contributed by atoms with E-state index in [4.69, 9.17) is 0 Å². The van der Waals surface area contributed by atoms with Crippen LogP contribution < -0.4 is 0 Å². The molecule has 0 aliphatic rings. The molecule has 4 aromatic carbocycles. The lowest BCUT2D eigenvalue weighted by atomic mass is 9.93. The minimum absolute atomic E-state index is 0.181. The van der Waals surface area contributed by atoms with Gasteiger partial charge < -0.3 is 15.3 Å². The average Bonchev–Trinajstić information content (AvgIpc) is 2.73. The molecule has 4 rings (SSSR count). The van der Waals surface area contributed by atoms with Crippen molar-refractivity contribution in [2.45, 2.75) is 0 Å². The van der Waals surface area contributed by atoms with Gasteiger partial charge in [0, 0.05) is 0 Å². The maximum atomic E-state index is 9.86. The number of phenols is 3. The first-order valence-electron chi connectivity index (χ1n) is 8.93. The van der Waals surface area contributed by atoms with E-state index in [2.05, 4.69) is 66.0 Å². The average molecular weight is 591 g/mol. The second-order valence-electron chi connectivity index (χ2n) is 6.80. The minimum atomic E-state index is 0.181. The molecular formula is C24H15Br3O3. The maximum absolute atomic E-state index is 9.86. The van der Waals surface area contributed by atoms with Crippen LogP contribution in [0.15, 0.2) is 86.2 Å². The fraction of sp³-hybridized carbons (Fsp3) is 0. The van der Waals surface area contributed by atoms with E-state index in [1.165, 1.54) is 0 Å². The van der Waals surface area contributed by atoms with Crippen LogP contribution >= 0.6 is 47.8 Å². The molecular weight excluding hydrogens is 576 g/mol. The van der Waals surface area contributed by atoms with Gasteiger partial charge >= 0.3 is 0 Å². The minimum Gasteiger partial charge on any atom is -0.507 e. The topological polar surface area (TPSA) is 60.7 Å². The van der Waals surface area contributed by atoms with Crippen molar-refractivity contribution in [3.8, 4) is 50.6 Å². The first-order chi connectivity index (χ1) is 14.3. The SMILES string of the molecule is Oc1ccc(-c2cc(-c3ccc(O)c(Br)c3)cc(-c3ccc(O)c(Br)c3)c2)cc1Br. The van der Waals surface area contributed by atoms with Gasteiger partial charge in [0.25, 0.3) is 0 Å². The van der Waals surface area contributed by atoms with Crippen molar-refractivity contribution in [3.63, 3.8) is 0 Å². The largest absolute Gasteiger partial charge is 0.507 e. The molecule has 0 heterocycles.